The number of nitrogens with zero attached hydrogens (tertiary/aromatic N) is 1. The minimum Gasteiger partial charge on any atom is -0.492 e. The van der Waals surface area contributed by atoms with Crippen molar-refractivity contribution in [1.82, 2.24) is 10.2 Å². The fraction of sp³-hybridized carbons (Fsp3) is 0.533. The lowest BCUT2D eigenvalue weighted by molar-refractivity contribution is 0.192. The number of para-hydroxylation sites is 1. The third-order valence-corrected chi connectivity index (χ3v) is 3.47. The predicted octanol–water partition coefficient (Wildman–Crippen LogP) is 2.65. The SMILES string of the molecule is CN(CCOc1ccccc1)C(=O)NC1CCCC1. The van der Waals surface area contributed by atoms with Crippen molar-refractivity contribution in [2.45, 2.75) is 31.7 Å². The molecule has 0 radical (unpaired) electrons. The van der Waals surface area contributed by atoms with E-state index in [1.165, 1.54) is 12.8 Å². The summed E-state index contributed by atoms with van der Waals surface area (Å²) in [6, 6.07) is 10.0. The summed E-state index contributed by atoms with van der Waals surface area (Å²) >= 11 is 0. The van der Waals surface area contributed by atoms with Gasteiger partial charge in [0, 0.05) is 13.1 Å². The molecule has 0 saturated heterocycles. The van der Waals surface area contributed by atoms with Gasteiger partial charge >= 0.3 is 6.03 Å². The first kappa shape index (κ1) is 13.7. The number of rotatable bonds is 5. The molecular formula is C15H22N2O2. The highest BCUT2D eigenvalue weighted by Crippen LogP contribution is 2.17. The Morgan fingerprint density at radius 1 is 1.32 bits per heavy atom. The lowest BCUT2D eigenvalue weighted by Crippen LogP contribution is -2.43. The largest absolute Gasteiger partial charge is 0.492 e. The summed E-state index contributed by atoms with van der Waals surface area (Å²) in [4.78, 5) is 13.6. The molecule has 4 heteroatoms. The average Bonchev–Trinajstić information content (AvgIpc) is 2.92. The van der Waals surface area contributed by atoms with Crippen LogP contribution in [0.3, 0.4) is 0 Å². The topological polar surface area (TPSA) is 41.6 Å². The molecule has 0 heterocycles. The van der Waals surface area contributed by atoms with Crippen molar-refractivity contribution in [3.05, 3.63) is 30.3 Å². The standard InChI is InChI=1S/C15H22N2O2/c1-17(15(18)16-13-7-5-6-8-13)11-12-19-14-9-3-2-4-10-14/h2-4,9-10,13H,5-8,11-12H2,1H3,(H,16,18). The van der Waals surface area contributed by atoms with Crippen LogP contribution in [0.4, 0.5) is 4.79 Å². The van der Waals surface area contributed by atoms with Gasteiger partial charge in [0.15, 0.2) is 0 Å². The number of ether oxygens (including phenoxy) is 1. The van der Waals surface area contributed by atoms with Crippen LogP contribution in [0.15, 0.2) is 30.3 Å². The first-order valence-corrected chi connectivity index (χ1v) is 6.95. The molecule has 1 saturated carbocycles. The number of hydrogen-bond donors (Lipinski definition) is 1. The van der Waals surface area contributed by atoms with Crippen molar-refractivity contribution >= 4 is 6.03 Å². The third kappa shape index (κ3) is 4.47. The molecule has 1 aromatic rings. The molecule has 1 fully saturated rings. The molecule has 1 aromatic carbocycles. The molecule has 0 aromatic heterocycles. The molecule has 1 aliphatic rings. The number of likely N-dealkylation sites (N-methyl/N-ethyl adjacent to an activating group) is 1. The molecule has 0 spiro atoms. The highest BCUT2D eigenvalue weighted by Gasteiger charge is 2.18. The van der Waals surface area contributed by atoms with Crippen molar-refractivity contribution in [3.8, 4) is 5.75 Å². The number of hydrogen-bond acceptors (Lipinski definition) is 2. The number of urea groups is 1. The summed E-state index contributed by atoms with van der Waals surface area (Å²) < 4.78 is 5.58. The Kier molecular flexibility index (Phi) is 5.07. The van der Waals surface area contributed by atoms with Gasteiger partial charge in [-0.1, -0.05) is 31.0 Å². The lowest BCUT2D eigenvalue weighted by Gasteiger charge is -2.21. The molecule has 2 amide bonds. The predicted molar refractivity (Wildman–Crippen MR) is 75.4 cm³/mol. The fourth-order valence-corrected chi connectivity index (χ4v) is 2.27. The molecule has 19 heavy (non-hydrogen) atoms. The Morgan fingerprint density at radius 2 is 2.00 bits per heavy atom. The van der Waals surface area contributed by atoms with Crippen LogP contribution in [0.5, 0.6) is 5.75 Å². The maximum atomic E-state index is 11.9. The van der Waals surface area contributed by atoms with Gasteiger partial charge in [-0.15, -0.1) is 0 Å². The van der Waals surface area contributed by atoms with Crippen molar-refractivity contribution in [2.24, 2.45) is 0 Å². The molecule has 0 unspecified atom stereocenters. The van der Waals surface area contributed by atoms with E-state index in [2.05, 4.69) is 5.32 Å². The molecule has 0 atom stereocenters. The zero-order chi connectivity index (χ0) is 13.5. The first-order chi connectivity index (χ1) is 9.25. The van der Waals surface area contributed by atoms with Crippen LogP contribution < -0.4 is 10.1 Å². The van der Waals surface area contributed by atoms with E-state index in [1.807, 2.05) is 30.3 Å². The molecule has 2 rings (SSSR count). The highest BCUT2D eigenvalue weighted by molar-refractivity contribution is 5.74. The molecule has 104 valence electrons. The zero-order valence-corrected chi connectivity index (χ0v) is 11.5. The highest BCUT2D eigenvalue weighted by atomic mass is 16.5. The second-order valence-electron chi connectivity index (χ2n) is 5.01. The Balaban J connectivity index is 1.65. The molecule has 0 bridgehead atoms. The fourth-order valence-electron chi connectivity index (χ4n) is 2.27. The quantitative estimate of drug-likeness (QED) is 0.886. The van der Waals surface area contributed by atoms with Gasteiger partial charge in [0.25, 0.3) is 0 Å². The van der Waals surface area contributed by atoms with Gasteiger partial charge in [-0.05, 0) is 25.0 Å². The van der Waals surface area contributed by atoms with Gasteiger partial charge in [0.05, 0.1) is 6.54 Å². The summed E-state index contributed by atoms with van der Waals surface area (Å²) in [6.45, 7) is 1.10. The van der Waals surface area contributed by atoms with E-state index in [0.29, 0.717) is 19.2 Å². The minimum absolute atomic E-state index is 0.00330. The summed E-state index contributed by atoms with van der Waals surface area (Å²) in [5.74, 6) is 0.840. The van der Waals surface area contributed by atoms with Crippen LogP contribution in [0.25, 0.3) is 0 Å². The van der Waals surface area contributed by atoms with Gasteiger partial charge in [-0.25, -0.2) is 4.79 Å². The molecule has 1 N–H and O–H groups in total. The van der Waals surface area contributed by atoms with E-state index >= 15 is 0 Å². The summed E-state index contributed by atoms with van der Waals surface area (Å²) in [6.07, 6.45) is 4.68. The lowest BCUT2D eigenvalue weighted by atomic mass is 10.2. The first-order valence-electron chi connectivity index (χ1n) is 6.95. The van der Waals surface area contributed by atoms with E-state index in [0.717, 1.165) is 18.6 Å². The summed E-state index contributed by atoms with van der Waals surface area (Å²) in [5.41, 5.74) is 0. The monoisotopic (exact) mass is 262 g/mol. The second kappa shape index (κ2) is 7.02. The van der Waals surface area contributed by atoms with Crippen LogP contribution >= 0.6 is 0 Å². The number of carbonyl (C=O) groups excluding carboxylic acids is 1. The van der Waals surface area contributed by atoms with E-state index < -0.39 is 0 Å². The van der Waals surface area contributed by atoms with Gasteiger partial charge in [-0.3, -0.25) is 0 Å². The van der Waals surface area contributed by atoms with Crippen LogP contribution in [-0.2, 0) is 0 Å². The zero-order valence-electron chi connectivity index (χ0n) is 11.5. The Hall–Kier alpha value is -1.71. The average molecular weight is 262 g/mol. The number of amides is 2. The van der Waals surface area contributed by atoms with Gasteiger partial charge in [-0.2, -0.15) is 0 Å². The van der Waals surface area contributed by atoms with Crippen molar-refractivity contribution in [2.75, 3.05) is 20.2 Å². The van der Waals surface area contributed by atoms with Crippen LogP contribution in [0.2, 0.25) is 0 Å². The van der Waals surface area contributed by atoms with Crippen molar-refractivity contribution in [1.29, 1.82) is 0 Å². The minimum atomic E-state index is 0.00330. The van der Waals surface area contributed by atoms with Crippen molar-refractivity contribution < 1.29 is 9.53 Å². The van der Waals surface area contributed by atoms with E-state index in [1.54, 1.807) is 11.9 Å². The molecule has 0 aliphatic heterocycles. The van der Waals surface area contributed by atoms with Crippen LogP contribution in [0.1, 0.15) is 25.7 Å². The van der Waals surface area contributed by atoms with Crippen LogP contribution in [0, 0.1) is 0 Å². The maximum Gasteiger partial charge on any atom is 0.317 e. The maximum absolute atomic E-state index is 11.9. The summed E-state index contributed by atoms with van der Waals surface area (Å²) in [5, 5.41) is 3.06. The second-order valence-corrected chi connectivity index (χ2v) is 5.01. The van der Waals surface area contributed by atoms with E-state index in [9.17, 15) is 4.79 Å². The van der Waals surface area contributed by atoms with Gasteiger partial charge in [0.1, 0.15) is 12.4 Å². The van der Waals surface area contributed by atoms with Gasteiger partial charge in [0.2, 0.25) is 0 Å². The number of carbonyl (C=O) groups is 1. The molecular weight excluding hydrogens is 240 g/mol. The van der Waals surface area contributed by atoms with E-state index in [4.69, 9.17) is 4.74 Å². The van der Waals surface area contributed by atoms with E-state index in [-0.39, 0.29) is 6.03 Å². The molecule has 1 aliphatic carbocycles. The third-order valence-electron chi connectivity index (χ3n) is 3.47. The van der Waals surface area contributed by atoms with Gasteiger partial charge < -0.3 is 15.0 Å². The number of nitrogens with one attached hydrogen (secondary N) is 1. The Morgan fingerprint density at radius 3 is 2.68 bits per heavy atom. The number of benzene rings is 1. The summed E-state index contributed by atoms with van der Waals surface area (Å²) in [7, 11) is 1.80. The van der Waals surface area contributed by atoms with Crippen molar-refractivity contribution in [3.63, 3.8) is 0 Å². The van der Waals surface area contributed by atoms with Crippen LogP contribution in [-0.4, -0.2) is 37.2 Å². The molecule has 4 nitrogen and oxygen atoms in total. The smallest absolute Gasteiger partial charge is 0.317 e. The Labute approximate surface area is 114 Å². The Bertz CT molecular complexity index is 388. The normalized spacial score (nSPS) is 15.2.